The van der Waals surface area contributed by atoms with Crippen molar-refractivity contribution in [1.82, 2.24) is 0 Å². The lowest BCUT2D eigenvalue weighted by Crippen LogP contribution is -2.00. The average molecular weight is 324 g/mol. The molecule has 4 heteroatoms. The minimum Gasteiger partial charge on any atom is -0.361 e. The molecule has 116 valence electrons. The van der Waals surface area contributed by atoms with Crippen LogP contribution in [-0.4, -0.2) is 0 Å². The van der Waals surface area contributed by atoms with Gasteiger partial charge in [-0.2, -0.15) is 10.2 Å². The third kappa shape index (κ3) is 4.30. The lowest BCUT2D eigenvalue weighted by atomic mass is 10.00. The van der Waals surface area contributed by atoms with E-state index in [0.29, 0.717) is 5.03 Å². The van der Waals surface area contributed by atoms with Gasteiger partial charge >= 0.3 is 0 Å². The number of nitrogens with one attached hydrogen (secondary N) is 1. The largest absolute Gasteiger partial charge is 0.361 e. The molecule has 0 saturated heterocycles. The van der Waals surface area contributed by atoms with Crippen LogP contribution in [0.3, 0.4) is 0 Å². The van der Waals surface area contributed by atoms with Crippen molar-refractivity contribution in [2.24, 2.45) is 10.2 Å². The van der Waals surface area contributed by atoms with E-state index < -0.39 is 0 Å². The number of anilines is 1. The Balaban J connectivity index is 1.76. The average Bonchev–Trinajstić information content (AvgIpc) is 2.61. The van der Waals surface area contributed by atoms with Gasteiger partial charge in [0, 0.05) is 11.9 Å². The molecule has 2 aromatic rings. The molecule has 3 nitrogen and oxygen atoms in total. The predicted octanol–water partition coefficient (Wildman–Crippen LogP) is 6.40. The Morgan fingerprint density at radius 3 is 2.30 bits per heavy atom. The quantitative estimate of drug-likeness (QED) is 0.649. The Bertz CT molecular complexity index is 734. The smallest absolute Gasteiger partial charge is 0.0856 e. The number of nitrogens with zero attached hydrogens (tertiary/aromatic N) is 2. The number of benzene rings is 2. The molecule has 1 aliphatic carbocycles. The maximum Gasteiger partial charge on any atom is 0.0856 e. The van der Waals surface area contributed by atoms with Crippen LogP contribution < -0.4 is 5.32 Å². The lowest BCUT2D eigenvalue weighted by molar-refractivity contribution is 0.758. The molecular weight excluding hydrogens is 306 g/mol. The van der Waals surface area contributed by atoms with Crippen LogP contribution in [0.5, 0.6) is 0 Å². The molecule has 0 radical (unpaired) electrons. The molecule has 0 bridgehead atoms. The summed E-state index contributed by atoms with van der Waals surface area (Å²) in [6.07, 6.45) is 4.80. The van der Waals surface area contributed by atoms with Crippen molar-refractivity contribution in [3.63, 3.8) is 0 Å². The van der Waals surface area contributed by atoms with E-state index in [0.717, 1.165) is 41.9 Å². The number of hydrogen-bond acceptors (Lipinski definition) is 3. The molecule has 0 atom stereocenters. The minimum absolute atomic E-state index is 0.708. The first kappa shape index (κ1) is 15.5. The van der Waals surface area contributed by atoms with Crippen molar-refractivity contribution in [3.8, 4) is 0 Å². The van der Waals surface area contributed by atoms with Crippen LogP contribution in [0.1, 0.15) is 19.3 Å². The molecule has 0 aromatic heterocycles. The number of rotatable bonds is 4. The summed E-state index contributed by atoms with van der Waals surface area (Å²) < 4.78 is 0. The third-order valence-electron chi connectivity index (χ3n) is 3.62. The first-order valence-electron chi connectivity index (χ1n) is 7.69. The molecule has 0 heterocycles. The number of halogens is 1. The Morgan fingerprint density at radius 1 is 0.870 bits per heavy atom. The summed E-state index contributed by atoms with van der Waals surface area (Å²) in [7, 11) is 0. The first-order valence-corrected chi connectivity index (χ1v) is 8.07. The Kier molecular flexibility index (Phi) is 5.22. The van der Waals surface area contributed by atoms with Crippen molar-refractivity contribution in [3.05, 3.63) is 83.2 Å². The van der Waals surface area contributed by atoms with E-state index in [4.69, 9.17) is 11.6 Å². The van der Waals surface area contributed by atoms with E-state index in [9.17, 15) is 0 Å². The number of para-hydroxylation sites is 1. The summed E-state index contributed by atoms with van der Waals surface area (Å²) in [5, 5.41) is 12.6. The monoisotopic (exact) mass is 323 g/mol. The fourth-order valence-electron chi connectivity index (χ4n) is 2.40. The molecule has 0 aliphatic heterocycles. The molecule has 1 N–H and O–H groups in total. The number of azo groups is 1. The second-order valence-corrected chi connectivity index (χ2v) is 5.71. The molecule has 2 aromatic carbocycles. The zero-order valence-electron chi connectivity index (χ0n) is 12.7. The van der Waals surface area contributed by atoms with Gasteiger partial charge in [-0.05, 0) is 49.1 Å². The first-order chi connectivity index (χ1) is 11.3. The summed E-state index contributed by atoms with van der Waals surface area (Å²) in [6, 6.07) is 19.7. The van der Waals surface area contributed by atoms with Gasteiger partial charge in [0.25, 0.3) is 0 Å². The summed E-state index contributed by atoms with van der Waals surface area (Å²) in [4.78, 5) is 0. The molecule has 0 spiro atoms. The lowest BCUT2D eigenvalue weighted by Gasteiger charge is -2.15. The second kappa shape index (κ2) is 7.75. The van der Waals surface area contributed by atoms with Crippen LogP contribution in [0.25, 0.3) is 0 Å². The Morgan fingerprint density at radius 2 is 1.57 bits per heavy atom. The molecule has 0 amide bonds. The predicted molar refractivity (Wildman–Crippen MR) is 95.8 cm³/mol. The van der Waals surface area contributed by atoms with Crippen LogP contribution in [0, 0.1) is 0 Å². The van der Waals surface area contributed by atoms with Crippen molar-refractivity contribution in [1.29, 1.82) is 0 Å². The maximum absolute atomic E-state index is 6.50. The minimum atomic E-state index is 0.708. The van der Waals surface area contributed by atoms with Crippen LogP contribution in [0.4, 0.5) is 11.4 Å². The van der Waals surface area contributed by atoms with Crippen LogP contribution in [0.2, 0.25) is 0 Å². The van der Waals surface area contributed by atoms with Gasteiger partial charge in [0.05, 0.1) is 16.4 Å². The summed E-state index contributed by atoms with van der Waals surface area (Å²) in [5.41, 5.74) is 3.80. The van der Waals surface area contributed by atoms with Crippen molar-refractivity contribution >= 4 is 23.0 Å². The fourth-order valence-corrected chi connectivity index (χ4v) is 2.68. The van der Waals surface area contributed by atoms with Crippen LogP contribution in [-0.2, 0) is 0 Å². The standard InChI is InChI=1S/C19H18ClN3/c20-19-15(14-21-16-9-3-1-4-10-16)8-7-13-18(19)23-22-17-11-5-2-6-12-17/h1-6,9-12,14,21H,7-8,13H2/b15-14+,23-22?. The molecule has 0 saturated carbocycles. The van der Waals surface area contributed by atoms with Crippen LogP contribution >= 0.6 is 11.6 Å². The highest BCUT2D eigenvalue weighted by atomic mass is 35.5. The van der Waals surface area contributed by atoms with Gasteiger partial charge < -0.3 is 5.32 Å². The van der Waals surface area contributed by atoms with Gasteiger partial charge in [-0.1, -0.05) is 48.0 Å². The van der Waals surface area contributed by atoms with Crippen molar-refractivity contribution in [2.45, 2.75) is 19.3 Å². The van der Waals surface area contributed by atoms with E-state index in [1.165, 1.54) is 0 Å². The zero-order chi connectivity index (χ0) is 15.9. The second-order valence-electron chi connectivity index (χ2n) is 5.33. The van der Waals surface area contributed by atoms with Gasteiger partial charge in [-0.25, -0.2) is 0 Å². The van der Waals surface area contributed by atoms with Gasteiger partial charge in [0.2, 0.25) is 0 Å². The number of hydrogen-bond donors (Lipinski definition) is 1. The fraction of sp³-hybridized carbons (Fsp3) is 0.158. The molecular formula is C19H18ClN3. The van der Waals surface area contributed by atoms with E-state index >= 15 is 0 Å². The molecule has 0 unspecified atom stereocenters. The highest BCUT2D eigenvalue weighted by Gasteiger charge is 2.15. The molecule has 1 aliphatic rings. The topological polar surface area (TPSA) is 36.8 Å². The van der Waals surface area contributed by atoms with E-state index in [1.807, 2.05) is 66.9 Å². The highest BCUT2D eigenvalue weighted by Crippen LogP contribution is 2.33. The van der Waals surface area contributed by atoms with Gasteiger partial charge in [-0.3, -0.25) is 0 Å². The van der Waals surface area contributed by atoms with Gasteiger partial charge in [-0.15, -0.1) is 0 Å². The zero-order valence-corrected chi connectivity index (χ0v) is 13.5. The van der Waals surface area contributed by atoms with Gasteiger partial charge in [0.15, 0.2) is 0 Å². The van der Waals surface area contributed by atoms with E-state index in [-0.39, 0.29) is 0 Å². The Labute approximate surface area is 141 Å². The van der Waals surface area contributed by atoms with Crippen molar-refractivity contribution in [2.75, 3.05) is 5.32 Å². The third-order valence-corrected chi connectivity index (χ3v) is 4.09. The SMILES string of the molecule is ClC1=C(N=Nc2ccccc2)CCC/C1=C\Nc1ccccc1. The molecule has 3 rings (SSSR count). The summed E-state index contributed by atoms with van der Waals surface area (Å²) in [6.45, 7) is 0. The number of allylic oxidation sites excluding steroid dienone is 3. The molecule has 23 heavy (non-hydrogen) atoms. The van der Waals surface area contributed by atoms with E-state index in [2.05, 4.69) is 15.5 Å². The van der Waals surface area contributed by atoms with E-state index in [1.54, 1.807) is 0 Å². The van der Waals surface area contributed by atoms with Crippen LogP contribution in [0.15, 0.2) is 93.4 Å². The molecule has 0 fully saturated rings. The normalized spacial score (nSPS) is 17.0. The highest BCUT2D eigenvalue weighted by molar-refractivity contribution is 6.32. The Hall–Kier alpha value is -2.39. The maximum atomic E-state index is 6.50. The van der Waals surface area contributed by atoms with Gasteiger partial charge in [0.1, 0.15) is 0 Å². The summed E-state index contributed by atoms with van der Waals surface area (Å²) >= 11 is 6.50. The summed E-state index contributed by atoms with van der Waals surface area (Å²) in [5.74, 6) is 0. The van der Waals surface area contributed by atoms with Crippen molar-refractivity contribution < 1.29 is 0 Å².